The van der Waals surface area contributed by atoms with Crippen LogP contribution in [0, 0.1) is 34.5 Å². The van der Waals surface area contributed by atoms with E-state index >= 15 is 0 Å². The van der Waals surface area contributed by atoms with E-state index in [-0.39, 0.29) is 35.3 Å². The molecule has 0 amide bonds. The van der Waals surface area contributed by atoms with Gasteiger partial charge in [-0.2, -0.15) is 0 Å². The Labute approximate surface area is 147 Å². The van der Waals surface area contributed by atoms with Crippen LogP contribution in [0.5, 0.6) is 0 Å². The minimum Gasteiger partial charge on any atom is -0.458 e. The second kappa shape index (κ2) is 4.86. The number of carbonyl (C=O) groups excluding carboxylic acids is 3. The zero-order valence-corrected chi connectivity index (χ0v) is 15.0. The Morgan fingerprint density at radius 1 is 1.24 bits per heavy atom. The number of Topliss-reactive ketones (excluding diaryl/α,β-unsaturated/α-hetero) is 1. The lowest BCUT2D eigenvalue weighted by atomic mass is 9.46. The van der Waals surface area contributed by atoms with Gasteiger partial charge >= 0.3 is 11.9 Å². The lowest BCUT2D eigenvalue weighted by molar-refractivity contribution is -0.208. The van der Waals surface area contributed by atoms with Crippen LogP contribution in [0.25, 0.3) is 0 Å². The van der Waals surface area contributed by atoms with Gasteiger partial charge in [0.2, 0.25) is 0 Å². The maximum absolute atomic E-state index is 12.7. The number of ketones is 1. The zero-order valence-electron chi connectivity index (χ0n) is 15.0. The molecule has 0 N–H and O–H groups in total. The Balaban J connectivity index is 1.65. The lowest BCUT2D eigenvalue weighted by Crippen LogP contribution is -2.62. The predicted molar refractivity (Wildman–Crippen MR) is 87.3 cm³/mol. The summed E-state index contributed by atoms with van der Waals surface area (Å²) in [5.74, 6) is 0.877. The van der Waals surface area contributed by atoms with Crippen molar-refractivity contribution in [2.45, 2.75) is 71.0 Å². The monoisotopic (exact) mass is 346 g/mol. The number of hydrogen-bond acceptors (Lipinski definition) is 5. The van der Waals surface area contributed by atoms with Gasteiger partial charge in [0.15, 0.2) is 0 Å². The van der Waals surface area contributed by atoms with E-state index in [4.69, 9.17) is 9.47 Å². The molecule has 2 bridgehead atoms. The van der Waals surface area contributed by atoms with Crippen LogP contribution in [-0.4, -0.2) is 29.9 Å². The van der Waals surface area contributed by atoms with E-state index in [0.717, 1.165) is 38.5 Å². The van der Waals surface area contributed by atoms with E-state index in [9.17, 15) is 14.4 Å². The second-order valence-electron chi connectivity index (χ2n) is 9.36. The average molecular weight is 346 g/mol. The first-order valence-electron chi connectivity index (χ1n) is 9.78. The molecule has 136 valence electrons. The molecule has 0 unspecified atom stereocenters. The van der Waals surface area contributed by atoms with Gasteiger partial charge in [0, 0.05) is 30.6 Å². The highest BCUT2D eigenvalue weighted by Gasteiger charge is 2.73. The Hall–Kier alpha value is -1.39. The van der Waals surface area contributed by atoms with E-state index in [2.05, 4.69) is 0 Å². The highest BCUT2D eigenvalue weighted by atomic mass is 16.6. The largest absolute Gasteiger partial charge is 0.458 e. The van der Waals surface area contributed by atoms with E-state index < -0.39 is 11.5 Å². The van der Waals surface area contributed by atoms with Gasteiger partial charge in [-0.05, 0) is 50.9 Å². The zero-order chi connectivity index (χ0) is 17.6. The van der Waals surface area contributed by atoms with Gasteiger partial charge in [-0.1, -0.05) is 6.42 Å². The molecule has 1 heterocycles. The summed E-state index contributed by atoms with van der Waals surface area (Å²) in [4.78, 5) is 37.2. The molecule has 0 radical (unpaired) electrons. The number of ether oxygens (including phenoxy) is 2. The third-order valence-electron chi connectivity index (χ3n) is 8.32. The van der Waals surface area contributed by atoms with Crippen molar-refractivity contribution in [3.05, 3.63) is 0 Å². The highest BCUT2D eigenvalue weighted by Crippen LogP contribution is 2.69. The molecule has 4 saturated carbocycles. The smallest absolute Gasteiger partial charge is 0.312 e. The van der Waals surface area contributed by atoms with E-state index in [1.807, 2.05) is 6.92 Å². The van der Waals surface area contributed by atoms with Crippen LogP contribution in [0.4, 0.5) is 0 Å². The van der Waals surface area contributed by atoms with Crippen LogP contribution in [0.1, 0.15) is 58.8 Å². The Kier molecular flexibility index (Phi) is 3.08. The van der Waals surface area contributed by atoms with Crippen molar-refractivity contribution in [1.82, 2.24) is 0 Å². The van der Waals surface area contributed by atoms with Crippen molar-refractivity contribution < 1.29 is 23.9 Å². The quantitative estimate of drug-likeness (QED) is 0.683. The summed E-state index contributed by atoms with van der Waals surface area (Å²) in [5.41, 5.74) is -0.757. The summed E-state index contributed by atoms with van der Waals surface area (Å²) >= 11 is 0. The first kappa shape index (κ1) is 15.8. The van der Waals surface area contributed by atoms with Crippen LogP contribution < -0.4 is 0 Å². The maximum atomic E-state index is 12.7. The van der Waals surface area contributed by atoms with Gasteiger partial charge in [0.1, 0.15) is 18.0 Å². The van der Waals surface area contributed by atoms with Gasteiger partial charge in [-0.15, -0.1) is 0 Å². The molecule has 1 spiro atoms. The number of hydrogen-bond donors (Lipinski definition) is 0. The van der Waals surface area contributed by atoms with E-state index in [0.29, 0.717) is 24.0 Å². The van der Waals surface area contributed by atoms with Gasteiger partial charge in [0.05, 0.1) is 5.41 Å². The molecular weight excluding hydrogens is 320 g/mol. The maximum Gasteiger partial charge on any atom is 0.312 e. The molecule has 5 heteroatoms. The first-order valence-corrected chi connectivity index (χ1v) is 9.78. The van der Waals surface area contributed by atoms with Crippen molar-refractivity contribution >= 4 is 17.7 Å². The third kappa shape index (κ3) is 1.82. The fraction of sp³-hybridized carbons (Fsp3) is 0.850. The predicted octanol–water partition coefficient (Wildman–Crippen LogP) is 2.66. The molecule has 8 atom stereocenters. The molecule has 5 aliphatic rings. The molecule has 5 nitrogen and oxygen atoms in total. The van der Waals surface area contributed by atoms with E-state index in [1.165, 1.54) is 6.92 Å². The van der Waals surface area contributed by atoms with Crippen molar-refractivity contribution in [3.8, 4) is 0 Å². The second-order valence-corrected chi connectivity index (χ2v) is 9.36. The first-order chi connectivity index (χ1) is 11.9. The summed E-state index contributed by atoms with van der Waals surface area (Å²) in [7, 11) is 0. The summed E-state index contributed by atoms with van der Waals surface area (Å²) in [6.45, 7) is 3.46. The normalized spacial score (nSPS) is 53.0. The van der Waals surface area contributed by atoms with Gasteiger partial charge < -0.3 is 9.47 Å². The number of carbonyl (C=O) groups is 3. The summed E-state index contributed by atoms with van der Waals surface area (Å²) in [6.07, 6.45) is 5.47. The highest BCUT2D eigenvalue weighted by molar-refractivity contribution is 5.85. The fourth-order valence-electron chi connectivity index (χ4n) is 7.49. The van der Waals surface area contributed by atoms with Crippen LogP contribution in [0.3, 0.4) is 0 Å². The molecular formula is C20H26O5. The number of fused-ring (bicyclic) bond motifs is 2. The van der Waals surface area contributed by atoms with Gasteiger partial charge in [-0.25, -0.2) is 0 Å². The number of esters is 2. The lowest BCUT2D eigenvalue weighted by Gasteiger charge is -2.58. The molecule has 5 rings (SSSR count). The van der Waals surface area contributed by atoms with Gasteiger partial charge in [-0.3, -0.25) is 14.4 Å². The third-order valence-corrected chi connectivity index (χ3v) is 8.32. The van der Waals surface area contributed by atoms with E-state index in [1.54, 1.807) is 0 Å². The van der Waals surface area contributed by atoms with Crippen LogP contribution in [-0.2, 0) is 23.9 Å². The molecule has 5 fully saturated rings. The molecule has 1 saturated heterocycles. The Bertz CT molecular complexity index is 671. The van der Waals surface area contributed by atoms with Crippen molar-refractivity contribution in [3.63, 3.8) is 0 Å². The topological polar surface area (TPSA) is 69.7 Å². The SMILES string of the molecule is CC(=O)O[C@@H]1[C@@H]2OC(=O)[C@]3(C)CCC[C@H]([C@H]23)[C@H]2CC[C@H]3C[C@]21CC3=O. The summed E-state index contributed by atoms with van der Waals surface area (Å²) in [6, 6.07) is 0. The van der Waals surface area contributed by atoms with Crippen LogP contribution in [0.15, 0.2) is 0 Å². The van der Waals surface area contributed by atoms with Crippen molar-refractivity contribution in [2.24, 2.45) is 34.5 Å². The molecule has 4 aliphatic carbocycles. The standard InChI is InChI=1S/C20H26O5/c1-10(21)24-17-16-15-12(4-3-7-19(15,2)18(23)25-16)13-6-5-11-8-20(13,17)9-14(11)22/h11-13,15-17H,3-9H2,1-2H3/t11-,12-,13+,15+,16+,17+,19+,20-/m0/s1. The Morgan fingerprint density at radius 3 is 2.80 bits per heavy atom. The minimum atomic E-state index is -0.451. The Morgan fingerprint density at radius 2 is 2.04 bits per heavy atom. The van der Waals surface area contributed by atoms with Crippen molar-refractivity contribution in [1.29, 1.82) is 0 Å². The molecule has 0 aromatic carbocycles. The minimum absolute atomic E-state index is 0.109. The fourth-order valence-corrected chi connectivity index (χ4v) is 7.49. The molecule has 25 heavy (non-hydrogen) atoms. The summed E-state index contributed by atoms with van der Waals surface area (Å²) < 4.78 is 11.7. The van der Waals surface area contributed by atoms with Gasteiger partial charge in [0.25, 0.3) is 0 Å². The average Bonchev–Trinajstić information content (AvgIpc) is 2.96. The molecule has 0 aromatic heterocycles. The molecule has 1 aliphatic heterocycles. The number of rotatable bonds is 1. The van der Waals surface area contributed by atoms with Crippen LogP contribution in [0.2, 0.25) is 0 Å². The van der Waals surface area contributed by atoms with Crippen LogP contribution >= 0.6 is 0 Å². The van der Waals surface area contributed by atoms with Crippen molar-refractivity contribution in [2.75, 3.05) is 0 Å². The molecule has 0 aromatic rings. The summed E-state index contributed by atoms with van der Waals surface area (Å²) in [5, 5.41) is 0.